The van der Waals surface area contributed by atoms with Crippen LogP contribution in [0.4, 0.5) is 11.5 Å². The lowest BCUT2D eigenvalue weighted by Crippen LogP contribution is -2.30. The van der Waals surface area contributed by atoms with Gasteiger partial charge in [0.15, 0.2) is 5.82 Å². The highest BCUT2D eigenvalue weighted by molar-refractivity contribution is 5.98. The molecule has 6 nitrogen and oxygen atoms in total. The first-order chi connectivity index (χ1) is 8.29. The van der Waals surface area contributed by atoms with Crippen molar-refractivity contribution in [2.24, 2.45) is 17.0 Å². The van der Waals surface area contributed by atoms with Gasteiger partial charge in [0.05, 0.1) is 17.8 Å². The van der Waals surface area contributed by atoms with Gasteiger partial charge in [0.2, 0.25) is 5.91 Å². The van der Waals surface area contributed by atoms with E-state index in [1.54, 1.807) is 11.0 Å². The Labute approximate surface area is 98.0 Å². The predicted molar refractivity (Wildman–Crippen MR) is 61.9 cm³/mol. The molecule has 88 valence electrons. The summed E-state index contributed by atoms with van der Waals surface area (Å²) in [6.45, 7) is 2.39. The molecule has 2 unspecified atom stereocenters. The van der Waals surface area contributed by atoms with Crippen molar-refractivity contribution in [1.82, 2.24) is 10.3 Å². The molecule has 2 fully saturated rings. The minimum atomic E-state index is 0.0962. The van der Waals surface area contributed by atoms with Crippen molar-refractivity contribution in [3.63, 3.8) is 0 Å². The summed E-state index contributed by atoms with van der Waals surface area (Å²) in [6, 6.07) is 3.25. The molecular formula is C11H12N4O2. The molecule has 3 heterocycles. The average molecular weight is 232 g/mol. The molecule has 2 saturated heterocycles. The standard InChI is InChI=1S/C11H12N4O2/c16-11-9-5-12-3-7(9)6-15(11)8-1-2-10(14-17)13-4-8/h1-2,4,7,9,12H,3,5-6H2. The van der Waals surface area contributed by atoms with Crippen molar-refractivity contribution in [3.8, 4) is 0 Å². The molecule has 0 bridgehead atoms. The van der Waals surface area contributed by atoms with E-state index in [9.17, 15) is 9.70 Å². The van der Waals surface area contributed by atoms with Gasteiger partial charge in [-0.05, 0) is 17.3 Å². The number of nitrogens with zero attached hydrogens (tertiary/aromatic N) is 3. The zero-order valence-corrected chi connectivity index (χ0v) is 9.17. The molecule has 0 radical (unpaired) electrons. The second-order valence-electron chi connectivity index (χ2n) is 4.44. The summed E-state index contributed by atoms with van der Waals surface area (Å²) < 4.78 is 0. The summed E-state index contributed by atoms with van der Waals surface area (Å²) in [5.74, 6) is 0.779. The molecule has 3 rings (SSSR count). The van der Waals surface area contributed by atoms with Crippen molar-refractivity contribution in [3.05, 3.63) is 23.2 Å². The quantitative estimate of drug-likeness (QED) is 0.760. The van der Waals surface area contributed by atoms with Gasteiger partial charge in [-0.3, -0.25) is 4.79 Å². The van der Waals surface area contributed by atoms with Crippen LogP contribution in [0.2, 0.25) is 0 Å². The average Bonchev–Trinajstić information content (AvgIpc) is 2.93. The summed E-state index contributed by atoms with van der Waals surface area (Å²) in [5, 5.41) is 5.97. The number of rotatable bonds is 2. The molecule has 0 saturated carbocycles. The highest BCUT2D eigenvalue weighted by Gasteiger charge is 2.43. The third-order valence-electron chi connectivity index (χ3n) is 3.48. The molecule has 1 aromatic heterocycles. The minimum Gasteiger partial charge on any atom is -0.316 e. The summed E-state index contributed by atoms with van der Waals surface area (Å²) in [6.07, 6.45) is 1.53. The number of carbonyl (C=O) groups excluding carboxylic acids is 1. The number of pyridine rings is 1. The Hall–Kier alpha value is -1.82. The summed E-state index contributed by atoms with van der Waals surface area (Å²) in [4.78, 5) is 28.0. The fourth-order valence-corrected chi connectivity index (χ4v) is 2.56. The molecule has 2 atom stereocenters. The highest BCUT2D eigenvalue weighted by Crippen LogP contribution is 2.31. The van der Waals surface area contributed by atoms with Gasteiger partial charge < -0.3 is 10.2 Å². The number of aromatic nitrogens is 1. The van der Waals surface area contributed by atoms with Gasteiger partial charge in [0, 0.05) is 25.6 Å². The van der Waals surface area contributed by atoms with E-state index in [1.165, 1.54) is 12.3 Å². The van der Waals surface area contributed by atoms with E-state index >= 15 is 0 Å². The van der Waals surface area contributed by atoms with Gasteiger partial charge in [0.1, 0.15) is 0 Å². The summed E-state index contributed by atoms with van der Waals surface area (Å²) in [5.41, 5.74) is 0.747. The number of carbonyl (C=O) groups is 1. The smallest absolute Gasteiger partial charge is 0.231 e. The van der Waals surface area contributed by atoms with Crippen molar-refractivity contribution < 1.29 is 4.79 Å². The SMILES string of the molecule is O=Nc1ccc(N2CC3CNCC3C2=O)cn1. The maximum Gasteiger partial charge on any atom is 0.231 e. The summed E-state index contributed by atoms with van der Waals surface area (Å²) in [7, 11) is 0. The maximum absolute atomic E-state index is 12.1. The fourth-order valence-electron chi connectivity index (χ4n) is 2.56. The van der Waals surface area contributed by atoms with Gasteiger partial charge in [0.25, 0.3) is 0 Å². The van der Waals surface area contributed by atoms with Crippen LogP contribution in [-0.2, 0) is 4.79 Å². The number of anilines is 1. The van der Waals surface area contributed by atoms with Gasteiger partial charge in [-0.1, -0.05) is 0 Å². The van der Waals surface area contributed by atoms with Crippen molar-refractivity contribution in [2.75, 3.05) is 24.5 Å². The topological polar surface area (TPSA) is 74.7 Å². The minimum absolute atomic E-state index is 0.0962. The molecule has 1 amide bonds. The lowest BCUT2D eigenvalue weighted by atomic mass is 10.0. The third-order valence-corrected chi connectivity index (χ3v) is 3.48. The van der Waals surface area contributed by atoms with Crippen LogP contribution in [-0.4, -0.2) is 30.5 Å². The second-order valence-corrected chi connectivity index (χ2v) is 4.44. The van der Waals surface area contributed by atoms with E-state index in [0.717, 1.165) is 25.3 Å². The Morgan fingerprint density at radius 1 is 1.41 bits per heavy atom. The second kappa shape index (κ2) is 3.89. The largest absolute Gasteiger partial charge is 0.316 e. The van der Waals surface area contributed by atoms with E-state index in [0.29, 0.717) is 5.92 Å². The Bertz CT molecular complexity index is 459. The number of amides is 1. The molecular weight excluding hydrogens is 220 g/mol. The lowest BCUT2D eigenvalue weighted by Gasteiger charge is -2.17. The van der Waals surface area contributed by atoms with E-state index in [4.69, 9.17) is 0 Å². The Morgan fingerprint density at radius 2 is 2.29 bits per heavy atom. The van der Waals surface area contributed by atoms with Crippen molar-refractivity contribution in [2.45, 2.75) is 0 Å². The van der Waals surface area contributed by atoms with Crippen LogP contribution in [0.15, 0.2) is 23.5 Å². The van der Waals surface area contributed by atoms with Crippen LogP contribution in [0.5, 0.6) is 0 Å². The van der Waals surface area contributed by atoms with Gasteiger partial charge >= 0.3 is 0 Å². The van der Waals surface area contributed by atoms with Crippen LogP contribution in [0.3, 0.4) is 0 Å². The highest BCUT2D eigenvalue weighted by atomic mass is 16.3. The number of fused-ring (bicyclic) bond motifs is 1. The first-order valence-electron chi connectivity index (χ1n) is 5.61. The summed E-state index contributed by atoms with van der Waals surface area (Å²) >= 11 is 0. The Morgan fingerprint density at radius 3 is 2.94 bits per heavy atom. The first kappa shape index (κ1) is 10.3. The van der Waals surface area contributed by atoms with Crippen LogP contribution >= 0.6 is 0 Å². The number of nitroso groups, excluding NO2 is 1. The molecule has 1 aromatic rings. The van der Waals surface area contributed by atoms with Gasteiger partial charge in [-0.15, -0.1) is 4.91 Å². The van der Waals surface area contributed by atoms with E-state index in [-0.39, 0.29) is 17.6 Å². The fraction of sp³-hybridized carbons (Fsp3) is 0.455. The molecule has 17 heavy (non-hydrogen) atoms. The van der Waals surface area contributed by atoms with E-state index < -0.39 is 0 Å². The predicted octanol–water partition coefficient (Wildman–Crippen LogP) is 0.662. The number of hydrogen-bond acceptors (Lipinski definition) is 5. The Balaban J connectivity index is 1.85. The zero-order valence-electron chi connectivity index (χ0n) is 9.17. The third kappa shape index (κ3) is 1.61. The molecule has 0 aliphatic carbocycles. The molecule has 0 aromatic carbocycles. The van der Waals surface area contributed by atoms with Gasteiger partial charge in [-0.2, -0.15) is 0 Å². The molecule has 2 aliphatic rings. The number of nitrogens with one attached hydrogen (secondary N) is 1. The monoisotopic (exact) mass is 232 g/mol. The maximum atomic E-state index is 12.1. The molecule has 0 spiro atoms. The molecule has 6 heteroatoms. The van der Waals surface area contributed by atoms with Crippen LogP contribution in [0, 0.1) is 16.7 Å². The Kier molecular flexibility index (Phi) is 2.36. The van der Waals surface area contributed by atoms with E-state index in [2.05, 4.69) is 15.5 Å². The van der Waals surface area contributed by atoms with Gasteiger partial charge in [-0.25, -0.2) is 4.98 Å². The molecule has 2 aliphatic heterocycles. The number of hydrogen-bond donors (Lipinski definition) is 1. The van der Waals surface area contributed by atoms with Crippen LogP contribution in [0.1, 0.15) is 0 Å². The lowest BCUT2D eigenvalue weighted by molar-refractivity contribution is -0.120. The normalized spacial score (nSPS) is 27.3. The first-order valence-corrected chi connectivity index (χ1v) is 5.61. The zero-order chi connectivity index (χ0) is 11.8. The van der Waals surface area contributed by atoms with Crippen molar-refractivity contribution >= 4 is 17.4 Å². The van der Waals surface area contributed by atoms with Crippen LogP contribution in [0.25, 0.3) is 0 Å². The van der Waals surface area contributed by atoms with Crippen LogP contribution < -0.4 is 10.2 Å². The van der Waals surface area contributed by atoms with E-state index in [1.807, 2.05) is 0 Å². The molecule has 1 N–H and O–H groups in total. The van der Waals surface area contributed by atoms with Crippen molar-refractivity contribution in [1.29, 1.82) is 0 Å².